The minimum absolute atomic E-state index is 0.0302. The summed E-state index contributed by atoms with van der Waals surface area (Å²) in [6, 6.07) is 2.12. The Morgan fingerprint density at radius 2 is 2.29 bits per heavy atom. The van der Waals surface area contributed by atoms with Crippen LogP contribution in [0.15, 0.2) is 18.5 Å². The van der Waals surface area contributed by atoms with E-state index in [-0.39, 0.29) is 6.10 Å². The van der Waals surface area contributed by atoms with Crippen molar-refractivity contribution in [3.63, 3.8) is 0 Å². The van der Waals surface area contributed by atoms with Gasteiger partial charge in [-0.3, -0.25) is 4.79 Å². The summed E-state index contributed by atoms with van der Waals surface area (Å²) < 4.78 is 5.48. The van der Waals surface area contributed by atoms with E-state index >= 15 is 0 Å². The molecule has 1 saturated heterocycles. The molecule has 1 unspecified atom stereocenters. The SMILES string of the molecule is O=CN1CCC(Oc2ncccn2)C1. The van der Waals surface area contributed by atoms with Gasteiger partial charge >= 0.3 is 6.01 Å². The first-order chi connectivity index (χ1) is 6.88. The van der Waals surface area contributed by atoms with Crippen molar-refractivity contribution in [1.82, 2.24) is 14.9 Å². The molecule has 1 atom stereocenters. The lowest BCUT2D eigenvalue weighted by Gasteiger charge is -2.11. The molecule has 0 radical (unpaired) electrons. The second-order valence-corrected chi connectivity index (χ2v) is 3.16. The zero-order chi connectivity index (χ0) is 9.80. The van der Waals surface area contributed by atoms with Crippen molar-refractivity contribution in [3.8, 4) is 6.01 Å². The van der Waals surface area contributed by atoms with E-state index in [0.717, 1.165) is 19.4 Å². The Hall–Kier alpha value is -1.65. The van der Waals surface area contributed by atoms with Crippen molar-refractivity contribution in [2.75, 3.05) is 13.1 Å². The molecule has 0 aliphatic carbocycles. The summed E-state index contributed by atoms with van der Waals surface area (Å²) in [5.41, 5.74) is 0. The van der Waals surface area contributed by atoms with Gasteiger partial charge < -0.3 is 9.64 Å². The molecule has 5 nitrogen and oxygen atoms in total. The maximum atomic E-state index is 10.4. The second-order valence-electron chi connectivity index (χ2n) is 3.16. The van der Waals surface area contributed by atoms with Gasteiger partial charge in [-0.1, -0.05) is 0 Å². The lowest BCUT2D eigenvalue weighted by Crippen LogP contribution is -2.24. The Kier molecular flexibility index (Phi) is 2.58. The topological polar surface area (TPSA) is 55.3 Å². The second kappa shape index (κ2) is 4.04. The third kappa shape index (κ3) is 1.99. The van der Waals surface area contributed by atoms with Crippen molar-refractivity contribution in [2.24, 2.45) is 0 Å². The monoisotopic (exact) mass is 193 g/mol. The van der Waals surface area contributed by atoms with Gasteiger partial charge in [0.05, 0.1) is 6.54 Å². The van der Waals surface area contributed by atoms with Gasteiger partial charge in [0.25, 0.3) is 0 Å². The summed E-state index contributed by atoms with van der Waals surface area (Å²) in [5, 5.41) is 0. The van der Waals surface area contributed by atoms with Gasteiger partial charge in [-0.15, -0.1) is 0 Å². The van der Waals surface area contributed by atoms with Crippen LogP contribution >= 0.6 is 0 Å². The molecule has 0 bridgehead atoms. The van der Waals surface area contributed by atoms with Gasteiger partial charge in [0, 0.05) is 25.4 Å². The summed E-state index contributed by atoms with van der Waals surface area (Å²) in [5.74, 6) is 0. The molecule has 1 fully saturated rings. The lowest BCUT2D eigenvalue weighted by molar-refractivity contribution is -0.117. The van der Waals surface area contributed by atoms with E-state index in [2.05, 4.69) is 9.97 Å². The van der Waals surface area contributed by atoms with Crippen molar-refractivity contribution < 1.29 is 9.53 Å². The fourth-order valence-corrected chi connectivity index (χ4v) is 1.44. The molecule has 14 heavy (non-hydrogen) atoms. The quantitative estimate of drug-likeness (QED) is 0.638. The first kappa shape index (κ1) is 8.93. The number of rotatable bonds is 3. The number of hydrogen-bond acceptors (Lipinski definition) is 4. The molecule has 0 saturated carbocycles. The van der Waals surface area contributed by atoms with E-state index in [1.807, 2.05) is 0 Å². The number of hydrogen-bond donors (Lipinski definition) is 0. The maximum absolute atomic E-state index is 10.4. The lowest BCUT2D eigenvalue weighted by atomic mass is 10.3. The van der Waals surface area contributed by atoms with Gasteiger partial charge in [-0.25, -0.2) is 9.97 Å². The molecule has 2 heterocycles. The zero-order valence-electron chi connectivity index (χ0n) is 7.67. The highest BCUT2D eigenvalue weighted by molar-refractivity contribution is 5.47. The van der Waals surface area contributed by atoms with Crippen LogP contribution in [0.1, 0.15) is 6.42 Å². The predicted molar refractivity (Wildman–Crippen MR) is 48.7 cm³/mol. The molecule has 0 aromatic carbocycles. The first-order valence-corrected chi connectivity index (χ1v) is 4.51. The Bertz CT molecular complexity index is 304. The number of carbonyl (C=O) groups is 1. The van der Waals surface area contributed by atoms with Crippen LogP contribution in [0.25, 0.3) is 0 Å². The summed E-state index contributed by atoms with van der Waals surface area (Å²) >= 11 is 0. The van der Waals surface area contributed by atoms with Crippen LogP contribution in [0.5, 0.6) is 6.01 Å². The van der Waals surface area contributed by atoms with Crippen LogP contribution in [0, 0.1) is 0 Å². The third-order valence-corrected chi connectivity index (χ3v) is 2.14. The van der Waals surface area contributed by atoms with Crippen LogP contribution in [-0.4, -0.2) is 40.5 Å². The van der Waals surface area contributed by atoms with Gasteiger partial charge in [0.2, 0.25) is 6.41 Å². The summed E-state index contributed by atoms with van der Waals surface area (Å²) in [4.78, 5) is 20.0. The average molecular weight is 193 g/mol. The van der Waals surface area contributed by atoms with Crippen LogP contribution in [-0.2, 0) is 4.79 Å². The molecule has 1 aliphatic rings. The van der Waals surface area contributed by atoms with E-state index in [1.165, 1.54) is 0 Å². The van der Waals surface area contributed by atoms with Crippen LogP contribution in [0.2, 0.25) is 0 Å². The minimum atomic E-state index is 0.0302. The minimum Gasteiger partial charge on any atom is -0.458 e. The van der Waals surface area contributed by atoms with E-state index in [0.29, 0.717) is 12.6 Å². The van der Waals surface area contributed by atoms with Crippen LogP contribution in [0.4, 0.5) is 0 Å². The highest BCUT2D eigenvalue weighted by atomic mass is 16.5. The van der Waals surface area contributed by atoms with Crippen molar-refractivity contribution >= 4 is 6.41 Å². The van der Waals surface area contributed by atoms with Crippen molar-refractivity contribution in [2.45, 2.75) is 12.5 Å². The molecule has 2 rings (SSSR count). The molecule has 1 aliphatic heterocycles. The van der Waals surface area contributed by atoms with Gasteiger partial charge in [0.1, 0.15) is 6.10 Å². The first-order valence-electron chi connectivity index (χ1n) is 4.51. The molecule has 1 aromatic heterocycles. The van der Waals surface area contributed by atoms with E-state index < -0.39 is 0 Å². The molecule has 0 N–H and O–H groups in total. The smallest absolute Gasteiger partial charge is 0.316 e. The number of aromatic nitrogens is 2. The third-order valence-electron chi connectivity index (χ3n) is 2.14. The Balaban J connectivity index is 1.90. The average Bonchev–Trinajstić information content (AvgIpc) is 2.67. The van der Waals surface area contributed by atoms with Gasteiger partial charge in [0.15, 0.2) is 0 Å². The summed E-state index contributed by atoms with van der Waals surface area (Å²) in [6.45, 7) is 1.38. The van der Waals surface area contributed by atoms with Gasteiger partial charge in [-0.2, -0.15) is 0 Å². The van der Waals surface area contributed by atoms with Gasteiger partial charge in [-0.05, 0) is 6.07 Å². The number of amides is 1. The number of likely N-dealkylation sites (tertiary alicyclic amines) is 1. The molecular formula is C9H11N3O2. The molecule has 1 aromatic rings. The van der Waals surface area contributed by atoms with Crippen molar-refractivity contribution in [3.05, 3.63) is 18.5 Å². The van der Waals surface area contributed by atoms with Crippen LogP contribution in [0.3, 0.4) is 0 Å². The molecule has 74 valence electrons. The summed E-state index contributed by atoms with van der Waals surface area (Å²) in [6.07, 6.45) is 4.98. The maximum Gasteiger partial charge on any atom is 0.316 e. The van der Waals surface area contributed by atoms with E-state index in [9.17, 15) is 4.79 Å². The molecule has 0 spiro atoms. The fraction of sp³-hybridized carbons (Fsp3) is 0.444. The largest absolute Gasteiger partial charge is 0.458 e. The number of ether oxygens (including phenoxy) is 1. The van der Waals surface area contributed by atoms with Crippen LogP contribution < -0.4 is 4.74 Å². The summed E-state index contributed by atoms with van der Waals surface area (Å²) in [7, 11) is 0. The number of carbonyl (C=O) groups excluding carboxylic acids is 1. The highest BCUT2D eigenvalue weighted by Crippen LogP contribution is 2.12. The zero-order valence-corrected chi connectivity index (χ0v) is 7.67. The van der Waals surface area contributed by atoms with E-state index in [1.54, 1.807) is 23.4 Å². The predicted octanol–water partition coefficient (Wildman–Crippen LogP) is 0.0861. The Morgan fingerprint density at radius 3 is 2.93 bits per heavy atom. The van der Waals surface area contributed by atoms with Crippen molar-refractivity contribution in [1.29, 1.82) is 0 Å². The fourth-order valence-electron chi connectivity index (χ4n) is 1.44. The highest BCUT2D eigenvalue weighted by Gasteiger charge is 2.23. The molecule has 1 amide bonds. The standard InChI is InChI=1S/C9H11N3O2/c13-7-12-5-2-8(6-12)14-9-10-3-1-4-11-9/h1,3-4,7-8H,2,5-6H2. The molecular weight excluding hydrogens is 182 g/mol. The molecule has 5 heteroatoms. The Labute approximate surface area is 81.7 Å². The number of nitrogens with zero attached hydrogens (tertiary/aromatic N) is 3. The Morgan fingerprint density at radius 1 is 1.50 bits per heavy atom. The normalized spacial score (nSPS) is 20.9. The van der Waals surface area contributed by atoms with E-state index in [4.69, 9.17) is 4.74 Å².